The van der Waals surface area contributed by atoms with Crippen LogP contribution in [0.25, 0.3) is 0 Å². The van der Waals surface area contributed by atoms with Gasteiger partial charge in [-0.1, -0.05) is 0 Å². The number of anilines is 1. The molecule has 0 aromatic carbocycles. The van der Waals surface area contributed by atoms with Crippen molar-refractivity contribution >= 4 is 5.82 Å². The standard InChI is InChI=1S/C18H28N6O/c1-23-12-16(11-20-23)14-24-8-3-4-15(13-24)10-17-5-6-18(22-21-17)19-7-9-25-2/h5-6,11-12,15H,3-4,7-10,13-14H2,1-2H3,(H,19,22). The van der Waals surface area contributed by atoms with Crippen LogP contribution in [0, 0.1) is 5.92 Å². The summed E-state index contributed by atoms with van der Waals surface area (Å²) in [6, 6.07) is 4.09. The van der Waals surface area contributed by atoms with E-state index in [0.29, 0.717) is 12.5 Å². The van der Waals surface area contributed by atoms with Gasteiger partial charge in [0.25, 0.3) is 0 Å². The Kier molecular flexibility index (Phi) is 6.36. The zero-order chi connectivity index (χ0) is 17.5. The lowest BCUT2D eigenvalue weighted by atomic mass is 9.93. The van der Waals surface area contributed by atoms with E-state index in [2.05, 4.69) is 37.8 Å². The van der Waals surface area contributed by atoms with Gasteiger partial charge in [-0.05, 0) is 43.9 Å². The summed E-state index contributed by atoms with van der Waals surface area (Å²) in [6.07, 6.45) is 7.57. The van der Waals surface area contributed by atoms with E-state index in [1.165, 1.54) is 24.9 Å². The molecule has 2 aromatic heterocycles. The summed E-state index contributed by atoms with van der Waals surface area (Å²) < 4.78 is 6.89. The Labute approximate surface area is 149 Å². The van der Waals surface area contributed by atoms with Crippen LogP contribution in [0.5, 0.6) is 0 Å². The van der Waals surface area contributed by atoms with Crippen molar-refractivity contribution < 1.29 is 4.74 Å². The van der Waals surface area contributed by atoms with Crippen molar-refractivity contribution in [2.45, 2.75) is 25.8 Å². The highest BCUT2D eigenvalue weighted by molar-refractivity contribution is 5.32. The molecule has 0 spiro atoms. The molecule has 3 rings (SSSR count). The maximum atomic E-state index is 5.02. The average Bonchev–Trinajstić information content (AvgIpc) is 3.02. The second-order valence-electron chi connectivity index (χ2n) is 6.80. The third-order valence-corrected chi connectivity index (χ3v) is 4.60. The quantitative estimate of drug-likeness (QED) is 0.736. The third-order valence-electron chi connectivity index (χ3n) is 4.60. The van der Waals surface area contributed by atoms with Crippen molar-refractivity contribution in [3.63, 3.8) is 0 Å². The average molecular weight is 344 g/mol. The minimum absolute atomic E-state index is 0.645. The SMILES string of the molecule is COCCNc1ccc(CC2CCCN(Cc3cnn(C)c3)C2)nn1. The Balaban J connectivity index is 1.48. The first-order valence-electron chi connectivity index (χ1n) is 8.98. The van der Waals surface area contributed by atoms with Gasteiger partial charge < -0.3 is 10.1 Å². The predicted molar refractivity (Wildman–Crippen MR) is 97.3 cm³/mol. The predicted octanol–water partition coefficient (Wildman–Crippen LogP) is 1.72. The number of aromatic nitrogens is 4. The van der Waals surface area contributed by atoms with Gasteiger partial charge in [0.1, 0.15) is 5.82 Å². The Morgan fingerprint density at radius 3 is 2.96 bits per heavy atom. The van der Waals surface area contributed by atoms with Crippen LogP contribution in [0.4, 0.5) is 5.82 Å². The van der Waals surface area contributed by atoms with Crippen LogP contribution in [0.2, 0.25) is 0 Å². The highest BCUT2D eigenvalue weighted by atomic mass is 16.5. The number of methoxy groups -OCH3 is 1. The second-order valence-corrected chi connectivity index (χ2v) is 6.80. The van der Waals surface area contributed by atoms with Crippen molar-refractivity contribution in [2.75, 3.05) is 38.7 Å². The summed E-state index contributed by atoms with van der Waals surface area (Å²) in [5.74, 6) is 1.45. The van der Waals surface area contributed by atoms with Gasteiger partial charge in [0.2, 0.25) is 0 Å². The van der Waals surface area contributed by atoms with E-state index in [4.69, 9.17) is 4.74 Å². The first-order valence-corrected chi connectivity index (χ1v) is 8.98. The van der Waals surface area contributed by atoms with Crippen LogP contribution in [-0.4, -0.2) is 58.2 Å². The highest BCUT2D eigenvalue weighted by Gasteiger charge is 2.21. The van der Waals surface area contributed by atoms with Gasteiger partial charge >= 0.3 is 0 Å². The second kappa shape index (κ2) is 8.92. The van der Waals surface area contributed by atoms with E-state index in [-0.39, 0.29) is 0 Å². The molecule has 0 aliphatic carbocycles. The molecule has 1 saturated heterocycles. The molecule has 0 bridgehead atoms. The molecule has 7 nitrogen and oxygen atoms in total. The van der Waals surface area contributed by atoms with Crippen molar-refractivity contribution in [1.82, 2.24) is 24.9 Å². The molecule has 1 fully saturated rings. The highest BCUT2D eigenvalue weighted by Crippen LogP contribution is 2.21. The first kappa shape index (κ1) is 17.8. The molecule has 7 heteroatoms. The van der Waals surface area contributed by atoms with E-state index >= 15 is 0 Å². The lowest BCUT2D eigenvalue weighted by Gasteiger charge is -2.32. The third kappa shape index (κ3) is 5.51. The van der Waals surface area contributed by atoms with E-state index in [1.54, 1.807) is 7.11 Å². The molecule has 1 aliphatic heterocycles. The summed E-state index contributed by atoms with van der Waals surface area (Å²) in [5.41, 5.74) is 2.36. The molecule has 1 N–H and O–H groups in total. The number of hydrogen-bond acceptors (Lipinski definition) is 6. The number of aryl methyl sites for hydroxylation is 1. The molecule has 1 unspecified atom stereocenters. The molecular formula is C18H28N6O. The fraction of sp³-hybridized carbons (Fsp3) is 0.611. The van der Waals surface area contributed by atoms with Gasteiger partial charge in [0.15, 0.2) is 0 Å². The molecule has 0 radical (unpaired) electrons. The van der Waals surface area contributed by atoms with Gasteiger partial charge in [0.05, 0.1) is 18.5 Å². The Hall–Kier alpha value is -1.99. The molecule has 1 aliphatic rings. The molecule has 136 valence electrons. The summed E-state index contributed by atoms with van der Waals surface area (Å²) in [4.78, 5) is 2.53. The van der Waals surface area contributed by atoms with E-state index in [0.717, 1.165) is 37.6 Å². The first-order chi connectivity index (χ1) is 12.2. The van der Waals surface area contributed by atoms with Crippen LogP contribution < -0.4 is 5.32 Å². The fourth-order valence-corrected chi connectivity index (χ4v) is 3.41. The molecule has 3 heterocycles. The zero-order valence-electron chi connectivity index (χ0n) is 15.2. The summed E-state index contributed by atoms with van der Waals surface area (Å²) in [5, 5.41) is 16.1. The van der Waals surface area contributed by atoms with Gasteiger partial charge in [-0.2, -0.15) is 10.2 Å². The number of rotatable bonds is 8. The van der Waals surface area contributed by atoms with Crippen LogP contribution >= 0.6 is 0 Å². The molecule has 0 amide bonds. The minimum atomic E-state index is 0.645. The van der Waals surface area contributed by atoms with Crippen molar-refractivity contribution in [1.29, 1.82) is 0 Å². The molecule has 2 aromatic rings. The molecule has 25 heavy (non-hydrogen) atoms. The van der Waals surface area contributed by atoms with Crippen LogP contribution in [0.3, 0.4) is 0 Å². The van der Waals surface area contributed by atoms with Crippen LogP contribution in [0.1, 0.15) is 24.1 Å². The lowest BCUT2D eigenvalue weighted by molar-refractivity contribution is 0.166. The van der Waals surface area contributed by atoms with Gasteiger partial charge in [-0.15, -0.1) is 5.10 Å². The number of hydrogen-bond donors (Lipinski definition) is 1. The van der Waals surface area contributed by atoms with Crippen molar-refractivity contribution in [3.8, 4) is 0 Å². The van der Waals surface area contributed by atoms with E-state index in [9.17, 15) is 0 Å². The van der Waals surface area contributed by atoms with Gasteiger partial charge in [-0.3, -0.25) is 9.58 Å². The normalized spacial score (nSPS) is 18.4. The molecule has 1 atom stereocenters. The Bertz CT molecular complexity index is 641. The maximum Gasteiger partial charge on any atom is 0.148 e. The van der Waals surface area contributed by atoms with Gasteiger partial charge in [0, 0.05) is 45.6 Å². The van der Waals surface area contributed by atoms with E-state index < -0.39 is 0 Å². The van der Waals surface area contributed by atoms with Crippen molar-refractivity contribution in [2.24, 2.45) is 13.0 Å². The monoisotopic (exact) mass is 344 g/mol. The number of nitrogens with zero attached hydrogens (tertiary/aromatic N) is 5. The topological polar surface area (TPSA) is 68.1 Å². The minimum Gasteiger partial charge on any atom is -0.383 e. The van der Waals surface area contributed by atoms with E-state index in [1.807, 2.05) is 24.0 Å². The summed E-state index contributed by atoms with van der Waals surface area (Å²) in [7, 11) is 3.66. The number of ether oxygens (including phenoxy) is 1. The smallest absolute Gasteiger partial charge is 0.148 e. The number of piperidine rings is 1. The summed E-state index contributed by atoms with van der Waals surface area (Å²) >= 11 is 0. The number of nitrogens with one attached hydrogen (secondary N) is 1. The zero-order valence-corrected chi connectivity index (χ0v) is 15.2. The van der Waals surface area contributed by atoms with Crippen LogP contribution in [0.15, 0.2) is 24.5 Å². The summed E-state index contributed by atoms with van der Waals surface area (Å²) in [6.45, 7) is 4.68. The van der Waals surface area contributed by atoms with Crippen LogP contribution in [-0.2, 0) is 24.8 Å². The van der Waals surface area contributed by atoms with Crippen molar-refractivity contribution in [3.05, 3.63) is 35.8 Å². The maximum absolute atomic E-state index is 5.02. The number of likely N-dealkylation sites (tertiary alicyclic amines) is 1. The fourth-order valence-electron chi connectivity index (χ4n) is 3.41. The van der Waals surface area contributed by atoms with Gasteiger partial charge in [-0.25, -0.2) is 0 Å². The lowest BCUT2D eigenvalue weighted by Crippen LogP contribution is -2.35. The molecular weight excluding hydrogens is 316 g/mol. The Morgan fingerprint density at radius 1 is 1.32 bits per heavy atom. The molecule has 0 saturated carbocycles. The Morgan fingerprint density at radius 2 is 2.24 bits per heavy atom. The largest absolute Gasteiger partial charge is 0.383 e.